The molecule has 2 rings (SSSR count). The molecule has 0 aliphatic rings. The molecule has 2 N–H and O–H groups in total. The van der Waals surface area contributed by atoms with Crippen LogP contribution in [0.3, 0.4) is 0 Å². The molecule has 1 atom stereocenters. The Morgan fingerprint density at radius 2 is 1.92 bits per heavy atom. The normalized spacial score (nSPS) is 12.1. The largest absolute Gasteiger partial charge is 0.344 e. The summed E-state index contributed by atoms with van der Waals surface area (Å²) in [6.07, 6.45) is 0. The molecule has 0 radical (unpaired) electrons. The molecule has 1 aromatic heterocycles. The zero-order chi connectivity index (χ0) is 17.9. The van der Waals surface area contributed by atoms with Gasteiger partial charge in [-0.3, -0.25) is 9.59 Å². The first-order valence-electron chi connectivity index (χ1n) is 7.27. The summed E-state index contributed by atoms with van der Waals surface area (Å²) in [5, 5.41) is 7.16. The van der Waals surface area contributed by atoms with Crippen LogP contribution >= 0.6 is 11.3 Å². The molecule has 0 fully saturated rings. The summed E-state index contributed by atoms with van der Waals surface area (Å²) in [6, 6.07) is 2.80. The van der Waals surface area contributed by atoms with Crippen molar-refractivity contribution in [3.8, 4) is 11.3 Å². The van der Waals surface area contributed by atoms with Crippen molar-refractivity contribution in [2.24, 2.45) is 5.92 Å². The predicted octanol–water partition coefficient (Wildman–Crippen LogP) is 3.19. The van der Waals surface area contributed by atoms with E-state index in [2.05, 4.69) is 15.6 Å². The molecule has 0 saturated carbocycles. The molecule has 1 aromatic carbocycles. The van der Waals surface area contributed by atoms with Gasteiger partial charge >= 0.3 is 0 Å². The number of carbonyl (C=O) groups excluding carboxylic acids is 2. The standard InChI is InChI=1S/C16H17F2N3O2S/c1-8(2)14(19-9(3)22)15(23)21-16-20-13(7-24-16)10-4-5-11(17)12(18)6-10/h4-8,14H,1-3H3,(H,19,22)(H,20,21,23). The van der Waals surface area contributed by atoms with Gasteiger partial charge in [0.2, 0.25) is 11.8 Å². The highest BCUT2D eigenvalue weighted by molar-refractivity contribution is 7.14. The van der Waals surface area contributed by atoms with Crippen LogP contribution in [0, 0.1) is 17.6 Å². The minimum atomic E-state index is -0.961. The lowest BCUT2D eigenvalue weighted by molar-refractivity contribution is -0.126. The van der Waals surface area contributed by atoms with E-state index < -0.39 is 17.7 Å². The maximum atomic E-state index is 13.3. The Labute approximate surface area is 142 Å². The van der Waals surface area contributed by atoms with E-state index in [1.807, 2.05) is 13.8 Å². The van der Waals surface area contributed by atoms with E-state index >= 15 is 0 Å². The minimum absolute atomic E-state index is 0.0977. The molecular weight excluding hydrogens is 336 g/mol. The molecule has 0 aliphatic heterocycles. The number of rotatable bonds is 5. The van der Waals surface area contributed by atoms with Crippen LogP contribution in [0.25, 0.3) is 11.3 Å². The Balaban J connectivity index is 2.14. The second-order valence-electron chi connectivity index (χ2n) is 5.58. The van der Waals surface area contributed by atoms with Gasteiger partial charge in [0.25, 0.3) is 0 Å². The van der Waals surface area contributed by atoms with Crippen molar-refractivity contribution in [2.75, 3.05) is 5.32 Å². The van der Waals surface area contributed by atoms with E-state index in [4.69, 9.17) is 0 Å². The number of hydrogen-bond donors (Lipinski definition) is 2. The molecule has 2 aromatic rings. The number of nitrogens with zero attached hydrogens (tertiary/aromatic N) is 1. The summed E-state index contributed by atoms with van der Waals surface area (Å²) in [5.74, 6) is -2.68. The fourth-order valence-electron chi connectivity index (χ4n) is 2.06. The molecule has 8 heteroatoms. The van der Waals surface area contributed by atoms with Crippen molar-refractivity contribution >= 4 is 28.3 Å². The van der Waals surface area contributed by atoms with Crippen LogP contribution in [0.4, 0.5) is 13.9 Å². The molecular formula is C16H17F2N3O2S. The van der Waals surface area contributed by atoms with Gasteiger partial charge in [-0.15, -0.1) is 11.3 Å². The number of thiazole rings is 1. The molecule has 0 spiro atoms. The van der Waals surface area contributed by atoms with E-state index in [0.29, 0.717) is 16.4 Å². The van der Waals surface area contributed by atoms with E-state index in [0.717, 1.165) is 23.5 Å². The summed E-state index contributed by atoms with van der Waals surface area (Å²) >= 11 is 1.16. The van der Waals surface area contributed by atoms with Gasteiger partial charge < -0.3 is 10.6 Å². The van der Waals surface area contributed by atoms with Gasteiger partial charge in [0.1, 0.15) is 6.04 Å². The lowest BCUT2D eigenvalue weighted by Crippen LogP contribution is -2.46. The lowest BCUT2D eigenvalue weighted by atomic mass is 10.0. The van der Waals surface area contributed by atoms with E-state index in [9.17, 15) is 18.4 Å². The van der Waals surface area contributed by atoms with Gasteiger partial charge in [-0.2, -0.15) is 0 Å². The highest BCUT2D eigenvalue weighted by Crippen LogP contribution is 2.26. The van der Waals surface area contributed by atoms with Gasteiger partial charge in [0.15, 0.2) is 16.8 Å². The molecule has 5 nitrogen and oxygen atoms in total. The van der Waals surface area contributed by atoms with E-state index in [1.165, 1.54) is 13.0 Å². The number of carbonyl (C=O) groups is 2. The van der Waals surface area contributed by atoms with Crippen LogP contribution in [0.2, 0.25) is 0 Å². The van der Waals surface area contributed by atoms with Crippen molar-refractivity contribution in [2.45, 2.75) is 26.8 Å². The fraction of sp³-hybridized carbons (Fsp3) is 0.312. The first-order chi connectivity index (χ1) is 11.3. The van der Waals surface area contributed by atoms with Crippen molar-refractivity contribution in [1.82, 2.24) is 10.3 Å². The van der Waals surface area contributed by atoms with Gasteiger partial charge in [0.05, 0.1) is 5.69 Å². The summed E-state index contributed by atoms with van der Waals surface area (Å²) in [7, 11) is 0. The monoisotopic (exact) mass is 353 g/mol. The van der Waals surface area contributed by atoms with Crippen molar-refractivity contribution in [1.29, 1.82) is 0 Å². The van der Waals surface area contributed by atoms with Gasteiger partial charge in [-0.1, -0.05) is 13.8 Å². The first kappa shape index (κ1) is 18.0. The molecule has 1 unspecified atom stereocenters. The van der Waals surface area contributed by atoms with Crippen LogP contribution in [0.15, 0.2) is 23.6 Å². The topological polar surface area (TPSA) is 71.1 Å². The van der Waals surface area contributed by atoms with Crippen LogP contribution in [-0.4, -0.2) is 22.8 Å². The highest BCUT2D eigenvalue weighted by atomic mass is 32.1. The average Bonchev–Trinajstić information content (AvgIpc) is 2.95. The Hall–Kier alpha value is -2.35. The zero-order valence-corrected chi connectivity index (χ0v) is 14.2. The Kier molecular flexibility index (Phi) is 5.61. The minimum Gasteiger partial charge on any atom is -0.344 e. The SMILES string of the molecule is CC(=O)NC(C(=O)Nc1nc(-c2ccc(F)c(F)c2)cs1)C(C)C. The van der Waals surface area contributed by atoms with Gasteiger partial charge in [-0.05, 0) is 24.1 Å². The third-order valence-electron chi connectivity index (χ3n) is 3.26. The maximum absolute atomic E-state index is 13.3. The Morgan fingerprint density at radius 1 is 1.21 bits per heavy atom. The molecule has 0 aliphatic carbocycles. The second-order valence-corrected chi connectivity index (χ2v) is 6.44. The number of aromatic nitrogens is 1. The number of anilines is 1. The van der Waals surface area contributed by atoms with Gasteiger partial charge in [0, 0.05) is 17.9 Å². The molecule has 0 bridgehead atoms. The zero-order valence-electron chi connectivity index (χ0n) is 13.4. The number of hydrogen-bond acceptors (Lipinski definition) is 4. The van der Waals surface area contributed by atoms with Crippen molar-refractivity contribution in [3.63, 3.8) is 0 Å². The number of halogens is 2. The number of nitrogens with one attached hydrogen (secondary N) is 2. The lowest BCUT2D eigenvalue weighted by Gasteiger charge is -2.20. The number of benzene rings is 1. The van der Waals surface area contributed by atoms with Crippen LogP contribution < -0.4 is 10.6 Å². The van der Waals surface area contributed by atoms with Crippen LogP contribution in [0.1, 0.15) is 20.8 Å². The quantitative estimate of drug-likeness (QED) is 0.867. The summed E-state index contributed by atoms with van der Waals surface area (Å²) < 4.78 is 26.3. The third kappa shape index (κ3) is 4.35. The smallest absolute Gasteiger partial charge is 0.248 e. The molecule has 2 amide bonds. The van der Waals surface area contributed by atoms with Crippen molar-refractivity contribution < 1.29 is 18.4 Å². The molecule has 0 saturated heterocycles. The Bertz CT molecular complexity index is 762. The fourth-order valence-corrected chi connectivity index (χ4v) is 2.78. The third-order valence-corrected chi connectivity index (χ3v) is 4.02. The molecule has 1 heterocycles. The molecule has 128 valence electrons. The second kappa shape index (κ2) is 7.48. The first-order valence-corrected chi connectivity index (χ1v) is 8.14. The van der Waals surface area contributed by atoms with Crippen LogP contribution in [-0.2, 0) is 9.59 Å². The van der Waals surface area contributed by atoms with E-state index in [-0.39, 0.29) is 17.7 Å². The summed E-state index contributed by atoms with van der Waals surface area (Å²) in [4.78, 5) is 27.7. The summed E-state index contributed by atoms with van der Waals surface area (Å²) in [6.45, 7) is 4.97. The Morgan fingerprint density at radius 3 is 2.50 bits per heavy atom. The number of amides is 2. The predicted molar refractivity (Wildman–Crippen MR) is 88.5 cm³/mol. The molecule has 24 heavy (non-hydrogen) atoms. The highest BCUT2D eigenvalue weighted by Gasteiger charge is 2.23. The summed E-state index contributed by atoms with van der Waals surface area (Å²) in [5.41, 5.74) is 0.836. The van der Waals surface area contributed by atoms with Gasteiger partial charge in [-0.25, -0.2) is 13.8 Å². The maximum Gasteiger partial charge on any atom is 0.248 e. The van der Waals surface area contributed by atoms with Crippen molar-refractivity contribution in [3.05, 3.63) is 35.2 Å². The average molecular weight is 353 g/mol. The van der Waals surface area contributed by atoms with E-state index in [1.54, 1.807) is 5.38 Å². The van der Waals surface area contributed by atoms with Crippen LogP contribution in [0.5, 0.6) is 0 Å².